The van der Waals surface area contributed by atoms with Gasteiger partial charge in [0.1, 0.15) is 5.75 Å². The maximum absolute atomic E-state index is 11.7. The summed E-state index contributed by atoms with van der Waals surface area (Å²) < 4.78 is 34.9. The number of nitrogens with one attached hydrogen (secondary N) is 1. The Morgan fingerprint density at radius 1 is 1.39 bits per heavy atom. The lowest BCUT2D eigenvalue weighted by atomic mass is 10.2. The van der Waals surface area contributed by atoms with Crippen LogP contribution in [-0.4, -0.2) is 53.5 Å². The molecule has 8 heteroatoms. The lowest BCUT2D eigenvalue weighted by Gasteiger charge is -2.17. The number of carbonyl (C=O) groups is 1. The highest BCUT2D eigenvalue weighted by molar-refractivity contribution is 7.92. The highest BCUT2D eigenvalue weighted by atomic mass is 32.2. The molecule has 128 valence electrons. The highest BCUT2D eigenvalue weighted by Crippen LogP contribution is 2.20. The van der Waals surface area contributed by atoms with Gasteiger partial charge < -0.3 is 14.8 Å². The average molecular weight is 342 g/mol. The van der Waals surface area contributed by atoms with Crippen LogP contribution in [0.15, 0.2) is 24.3 Å². The first-order chi connectivity index (χ1) is 10.9. The Morgan fingerprint density at radius 2 is 2.09 bits per heavy atom. The standard InChI is InChI=1S/C15H22N2O5S/c1-17(23(2,19)20)12-5-7-13(8-6-12)22-11-15(18)16-10-14-4-3-9-21-14/h5-8,14H,3-4,9-11H2,1-2H3,(H,16,18)/t14-/m1/s1. The molecule has 1 atom stereocenters. The number of benzene rings is 1. The van der Waals surface area contributed by atoms with Crippen LogP contribution in [0.25, 0.3) is 0 Å². The third-order valence-corrected chi connectivity index (χ3v) is 4.82. The predicted molar refractivity (Wildman–Crippen MR) is 87.2 cm³/mol. The zero-order valence-corrected chi connectivity index (χ0v) is 14.1. The van der Waals surface area contributed by atoms with Gasteiger partial charge in [0.15, 0.2) is 6.61 Å². The number of anilines is 1. The first-order valence-corrected chi connectivity index (χ1v) is 9.26. The average Bonchev–Trinajstić information content (AvgIpc) is 3.03. The molecule has 0 saturated carbocycles. The van der Waals surface area contributed by atoms with Crippen molar-refractivity contribution < 1.29 is 22.7 Å². The molecule has 0 unspecified atom stereocenters. The summed E-state index contributed by atoms with van der Waals surface area (Å²) in [5, 5.41) is 2.77. The van der Waals surface area contributed by atoms with Gasteiger partial charge in [-0.05, 0) is 37.1 Å². The summed E-state index contributed by atoms with van der Waals surface area (Å²) in [4.78, 5) is 11.7. The molecule has 1 saturated heterocycles. The summed E-state index contributed by atoms with van der Waals surface area (Å²) in [6.07, 6.45) is 3.24. The summed E-state index contributed by atoms with van der Waals surface area (Å²) in [6, 6.07) is 6.51. The van der Waals surface area contributed by atoms with Crippen LogP contribution in [0.2, 0.25) is 0 Å². The molecule has 1 fully saturated rings. The number of hydrogen-bond donors (Lipinski definition) is 1. The smallest absolute Gasteiger partial charge is 0.258 e. The van der Waals surface area contributed by atoms with Crippen LogP contribution in [0, 0.1) is 0 Å². The molecule has 1 aliphatic rings. The summed E-state index contributed by atoms with van der Waals surface area (Å²) >= 11 is 0. The van der Waals surface area contributed by atoms with E-state index >= 15 is 0 Å². The molecule has 23 heavy (non-hydrogen) atoms. The number of nitrogens with zero attached hydrogens (tertiary/aromatic N) is 1. The molecule has 1 aromatic rings. The summed E-state index contributed by atoms with van der Waals surface area (Å²) in [6.45, 7) is 1.17. The topological polar surface area (TPSA) is 84.9 Å². The van der Waals surface area contributed by atoms with E-state index in [1.54, 1.807) is 24.3 Å². The number of carbonyl (C=O) groups excluding carboxylic acids is 1. The third-order valence-electron chi connectivity index (χ3n) is 3.62. The first kappa shape index (κ1) is 17.6. The van der Waals surface area contributed by atoms with Gasteiger partial charge in [0, 0.05) is 20.2 Å². The first-order valence-electron chi connectivity index (χ1n) is 7.41. The molecule has 7 nitrogen and oxygen atoms in total. The van der Waals surface area contributed by atoms with Crippen molar-refractivity contribution in [3.63, 3.8) is 0 Å². The van der Waals surface area contributed by atoms with Crippen LogP contribution in [0.5, 0.6) is 5.75 Å². The fourth-order valence-electron chi connectivity index (χ4n) is 2.18. The minimum Gasteiger partial charge on any atom is -0.484 e. The Balaban J connectivity index is 1.78. The van der Waals surface area contributed by atoms with Crippen LogP contribution in [0.4, 0.5) is 5.69 Å². The van der Waals surface area contributed by atoms with Crippen molar-refractivity contribution in [1.29, 1.82) is 0 Å². The van der Waals surface area contributed by atoms with Crippen molar-refractivity contribution >= 4 is 21.6 Å². The second-order valence-electron chi connectivity index (χ2n) is 5.45. The molecule has 1 N–H and O–H groups in total. The molecule has 0 bridgehead atoms. The SMILES string of the molecule is CN(c1ccc(OCC(=O)NC[C@H]2CCCO2)cc1)S(C)(=O)=O. The lowest BCUT2D eigenvalue weighted by Crippen LogP contribution is -2.35. The van der Waals surface area contributed by atoms with Crippen molar-refractivity contribution in [3.8, 4) is 5.75 Å². The lowest BCUT2D eigenvalue weighted by molar-refractivity contribution is -0.123. The zero-order chi connectivity index (χ0) is 16.9. The minimum atomic E-state index is -3.29. The quantitative estimate of drug-likeness (QED) is 0.791. The van der Waals surface area contributed by atoms with Crippen LogP contribution >= 0.6 is 0 Å². The van der Waals surface area contributed by atoms with Gasteiger partial charge in [-0.3, -0.25) is 9.10 Å². The number of ether oxygens (including phenoxy) is 2. The van der Waals surface area contributed by atoms with Crippen LogP contribution in [0.1, 0.15) is 12.8 Å². The van der Waals surface area contributed by atoms with E-state index in [1.807, 2.05) is 0 Å². The Kier molecular flexibility index (Phi) is 5.84. The highest BCUT2D eigenvalue weighted by Gasteiger charge is 2.16. The maximum Gasteiger partial charge on any atom is 0.258 e. The Morgan fingerprint density at radius 3 is 2.65 bits per heavy atom. The largest absolute Gasteiger partial charge is 0.484 e. The van der Waals surface area contributed by atoms with Crippen LogP contribution < -0.4 is 14.4 Å². The van der Waals surface area contributed by atoms with Crippen molar-refractivity contribution in [2.24, 2.45) is 0 Å². The van der Waals surface area contributed by atoms with E-state index in [9.17, 15) is 13.2 Å². The Hall–Kier alpha value is -1.80. The summed E-state index contributed by atoms with van der Waals surface area (Å²) in [5.41, 5.74) is 0.530. The van der Waals surface area contributed by atoms with Gasteiger partial charge >= 0.3 is 0 Å². The third kappa shape index (κ3) is 5.40. The Labute approximate surface area is 136 Å². The van der Waals surface area contributed by atoms with Gasteiger partial charge in [0.25, 0.3) is 5.91 Å². The van der Waals surface area contributed by atoms with E-state index in [0.717, 1.165) is 25.7 Å². The summed E-state index contributed by atoms with van der Waals surface area (Å²) in [7, 11) is -1.82. The van der Waals surface area contributed by atoms with E-state index < -0.39 is 10.0 Å². The molecule has 0 aromatic heterocycles. The number of hydrogen-bond acceptors (Lipinski definition) is 5. The molecule has 0 radical (unpaired) electrons. The molecule has 1 aliphatic heterocycles. The number of sulfonamides is 1. The molecule has 1 amide bonds. The van der Waals surface area contributed by atoms with Crippen LogP contribution in [0.3, 0.4) is 0 Å². The van der Waals surface area contributed by atoms with Crippen molar-refractivity contribution in [1.82, 2.24) is 5.32 Å². The van der Waals surface area contributed by atoms with E-state index in [4.69, 9.17) is 9.47 Å². The van der Waals surface area contributed by atoms with E-state index in [0.29, 0.717) is 18.0 Å². The van der Waals surface area contributed by atoms with Gasteiger partial charge in [0.2, 0.25) is 10.0 Å². The van der Waals surface area contributed by atoms with Gasteiger partial charge in [-0.15, -0.1) is 0 Å². The molecule has 2 rings (SSSR count). The fourth-order valence-corrected chi connectivity index (χ4v) is 2.68. The van der Waals surface area contributed by atoms with E-state index in [2.05, 4.69) is 5.32 Å². The monoisotopic (exact) mass is 342 g/mol. The molecular weight excluding hydrogens is 320 g/mol. The number of rotatable bonds is 7. The second-order valence-corrected chi connectivity index (χ2v) is 7.47. The molecular formula is C15H22N2O5S. The van der Waals surface area contributed by atoms with Gasteiger partial charge in [-0.2, -0.15) is 0 Å². The van der Waals surface area contributed by atoms with Gasteiger partial charge in [-0.1, -0.05) is 0 Å². The second kappa shape index (κ2) is 7.65. The van der Waals surface area contributed by atoms with Crippen molar-refractivity contribution in [2.45, 2.75) is 18.9 Å². The van der Waals surface area contributed by atoms with Gasteiger partial charge in [-0.25, -0.2) is 8.42 Å². The van der Waals surface area contributed by atoms with Crippen molar-refractivity contribution in [2.75, 3.05) is 37.4 Å². The number of amides is 1. The van der Waals surface area contributed by atoms with Crippen LogP contribution in [-0.2, 0) is 19.6 Å². The van der Waals surface area contributed by atoms with Crippen molar-refractivity contribution in [3.05, 3.63) is 24.3 Å². The maximum atomic E-state index is 11.7. The predicted octanol–water partition coefficient (Wildman–Crippen LogP) is 0.756. The van der Waals surface area contributed by atoms with E-state index in [1.165, 1.54) is 11.4 Å². The molecule has 0 aliphatic carbocycles. The van der Waals surface area contributed by atoms with E-state index in [-0.39, 0.29) is 18.6 Å². The summed E-state index contributed by atoms with van der Waals surface area (Å²) in [5.74, 6) is 0.292. The normalized spacial score (nSPS) is 17.7. The Bertz CT molecular complexity index is 624. The fraction of sp³-hybridized carbons (Fsp3) is 0.533. The minimum absolute atomic E-state index is 0.0893. The zero-order valence-electron chi connectivity index (χ0n) is 13.3. The van der Waals surface area contributed by atoms with Gasteiger partial charge in [0.05, 0.1) is 18.0 Å². The molecule has 1 heterocycles. The molecule has 1 aromatic carbocycles. The molecule has 0 spiro atoms.